The Bertz CT molecular complexity index is 1500. The third kappa shape index (κ3) is 6.37. The molecule has 40 heavy (non-hydrogen) atoms. The number of piperidine rings is 1. The highest BCUT2D eigenvalue weighted by Crippen LogP contribution is 2.36. The summed E-state index contributed by atoms with van der Waals surface area (Å²) in [5, 5.41) is 3.28. The van der Waals surface area contributed by atoms with Crippen molar-refractivity contribution in [3.8, 4) is 17.1 Å². The lowest BCUT2D eigenvalue weighted by Gasteiger charge is -2.38. The van der Waals surface area contributed by atoms with Crippen molar-refractivity contribution in [2.24, 2.45) is 0 Å². The summed E-state index contributed by atoms with van der Waals surface area (Å²) in [6.07, 6.45) is 0.628. The van der Waals surface area contributed by atoms with Crippen molar-refractivity contribution < 1.29 is 30.4 Å². The standard InChI is InChI=1S/C24H25ClF5N7O2S/c1-40(38,39)37-6-4-16(5-7-37)33-22-31-9-17(24(28,29)30)21(34-22)19-11-36(14-32-19)20-3-2-15(8-18(20)25)10-35-12-23(26,27)13-35/h2-3,8-9,11,14,16H,4-7,10,12-13H2,1H3,(H,31,33,34). The van der Waals surface area contributed by atoms with E-state index in [4.69, 9.17) is 11.6 Å². The van der Waals surface area contributed by atoms with Gasteiger partial charge in [0.15, 0.2) is 0 Å². The Labute approximate surface area is 232 Å². The van der Waals surface area contributed by atoms with E-state index in [1.807, 2.05) is 0 Å². The third-order valence-electron chi connectivity index (χ3n) is 6.78. The number of likely N-dealkylation sites (tertiary alicyclic amines) is 1. The molecular formula is C24H25ClF5N7O2S. The van der Waals surface area contributed by atoms with E-state index in [0.717, 1.165) is 11.8 Å². The minimum absolute atomic E-state index is 0.0330. The van der Waals surface area contributed by atoms with Crippen LogP contribution in [0.5, 0.6) is 0 Å². The number of nitrogens with one attached hydrogen (secondary N) is 1. The molecule has 0 atom stereocenters. The second-order valence-corrected chi connectivity index (χ2v) is 12.4. The van der Waals surface area contributed by atoms with Gasteiger partial charge in [0.05, 0.1) is 30.1 Å². The van der Waals surface area contributed by atoms with Gasteiger partial charge < -0.3 is 9.88 Å². The number of sulfonamides is 1. The lowest BCUT2D eigenvalue weighted by molar-refractivity contribution is -0.137. The van der Waals surface area contributed by atoms with E-state index in [0.29, 0.717) is 31.3 Å². The largest absolute Gasteiger partial charge is 0.420 e. The highest BCUT2D eigenvalue weighted by atomic mass is 35.5. The number of rotatable bonds is 7. The topological polar surface area (TPSA) is 96.2 Å². The number of alkyl halides is 5. The predicted molar refractivity (Wildman–Crippen MR) is 138 cm³/mol. The highest BCUT2D eigenvalue weighted by molar-refractivity contribution is 7.88. The summed E-state index contributed by atoms with van der Waals surface area (Å²) in [7, 11) is -3.32. The molecule has 4 heterocycles. The molecule has 1 N–H and O–H groups in total. The number of aromatic nitrogens is 4. The Hall–Kier alpha value is -2.88. The molecule has 2 aliphatic rings. The van der Waals surface area contributed by atoms with Crippen LogP contribution in [0, 0.1) is 0 Å². The number of nitrogens with zero attached hydrogens (tertiary/aromatic N) is 6. The smallest absolute Gasteiger partial charge is 0.351 e. The third-order valence-corrected chi connectivity index (χ3v) is 8.39. The fourth-order valence-corrected chi connectivity index (χ4v) is 5.96. The van der Waals surface area contributed by atoms with E-state index in [1.165, 1.54) is 21.4 Å². The second-order valence-electron chi connectivity index (χ2n) is 9.99. The molecule has 0 unspecified atom stereocenters. The molecule has 1 aromatic carbocycles. The minimum atomic E-state index is -4.74. The predicted octanol–water partition coefficient (Wildman–Crippen LogP) is 4.29. The summed E-state index contributed by atoms with van der Waals surface area (Å²) in [4.78, 5) is 13.7. The first kappa shape index (κ1) is 28.6. The molecule has 0 amide bonds. The van der Waals surface area contributed by atoms with Crippen molar-refractivity contribution in [3.63, 3.8) is 0 Å². The van der Waals surface area contributed by atoms with Crippen LogP contribution in [0.4, 0.5) is 27.9 Å². The Morgan fingerprint density at radius 3 is 2.45 bits per heavy atom. The SMILES string of the molecule is CS(=O)(=O)N1CCC(Nc2ncc(C(F)(F)F)c(-c3cn(-c4ccc(CN5CC(F)(F)C5)cc4Cl)cn3)n2)CC1. The number of halogens is 6. The molecule has 3 aromatic rings. The van der Waals surface area contributed by atoms with Crippen molar-refractivity contribution >= 4 is 27.6 Å². The molecule has 5 rings (SSSR count). The van der Waals surface area contributed by atoms with Gasteiger partial charge in [0.2, 0.25) is 16.0 Å². The molecule has 2 saturated heterocycles. The molecular weight excluding hydrogens is 581 g/mol. The van der Waals surface area contributed by atoms with Gasteiger partial charge in [-0.25, -0.2) is 36.5 Å². The first-order chi connectivity index (χ1) is 18.7. The quantitative estimate of drug-likeness (QED) is 0.402. The Kier molecular flexibility index (Phi) is 7.52. The Balaban J connectivity index is 1.35. The van der Waals surface area contributed by atoms with E-state index >= 15 is 0 Å². The monoisotopic (exact) mass is 605 g/mol. The second kappa shape index (κ2) is 10.5. The van der Waals surface area contributed by atoms with Gasteiger partial charge in [0, 0.05) is 38.1 Å². The van der Waals surface area contributed by atoms with Gasteiger partial charge in [-0.15, -0.1) is 0 Å². The van der Waals surface area contributed by atoms with Crippen LogP contribution in [0.15, 0.2) is 36.9 Å². The van der Waals surface area contributed by atoms with Gasteiger partial charge in [-0.05, 0) is 30.5 Å². The van der Waals surface area contributed by atoms with Crippen LogP contribution in [0.2, 0.25) is 5.02 Å². The van der Waals surface area contributed by atoms with Gasteiger partial charge in [0.25, 0.3) is 5.92 Å². The zero-order chi connectivity index (χ0) is 28.9. The van der Waals surface area contributed by atoms with Crippen molar-refractivity contribution in [1.82, 2.24) is 28.7 Å². The van der Waals surface area contributed by atoms with Crippen LogP contribution in [0.25, 0.3) is 17.1 Å². The van der Waals surface area contributed by atoms with E-state index < -0.39 is 33.4 Å². The van der Waals surface area contributed by atoms with Gasteiger partial charge in [-0.2, -0.15) is 13.2 Å². The average Bonchev–Trinajstić information content (AvgIpc) is 3.32. The van der Waals surface area contributed by atoms with Crippen LogP contribution < -0.4 is 5.32 Å². The van der Waals surface area contributed by atoms with E-state index in [-0.39, 0.29) is 48.9 Å². The van der Waals surface area contributed by atoms with E-state index in [9.17, 15) is 30.4 Å². The van der Waals surface area contributed by atoms with Gasteiger partial charge in [-0.3, -0.25) is 4.90 Å². The number of anilines is 1. The van der Waals surface area contributed by atoms with E-state index in [1.54, 1.807) is 23.1 Å². The fraction of sp³-hybridized carbons (Fsp3) is 0.458. The zero-order valence-electron chi connectivity index (χ0n) is 21.2. The summed E-state index contributed by atoms with van der Waals surface area (Å²) in [6, 6.07) is 4.75. The molecule has 0 aliphatic carbocycles. The van der Waals surface area contributed by atoms with Crippen LogP contribution >= 0.6 is 11.6 Å². The summed E-state index contributed by atoms with van der Waals surface area (Å²) in [5.74, 6) is -2.72. The number of benzene rings is 1. The average molecular weight is 606 g/mol. The maximum atomic E-state index is 13.8. The van der Waals surface area contributed by atoms with Crippen LogP contribution in [-0.2, 0) is 22.7 Å². The summed E-state index contributed by atoms with van der Waals surface area (Å²) >= 11 is 6.42. The van der Waals surface area contributed by atoms with E-state index in [2.05, 4.69) is 20.3 Å². The lowest BCUT2D eigenvalue weighted by Crippen LogP contribution is -2.55. The number of hydrogen-bond donors (Lipinski definition) is 1. The molecule has 9 nitrogen and oxygen atoms in total. The maximum Gasteiger partial charge on any atom is 0.420 e. The first-order valence-corrected chi connectivity index (χ1v) is 14.5. The fourth-order valence-electron chi connectivity index (χ4n) is 4.78. The highest BCUT2D eigenvalue weighted by Gasteiger charge is 2.43. The molecule has 2 fully saturated rings. The van der Waals surface area contributed by atoms with Crippen LogP contribution in [0.3, 0.4) is 0 Å². The molecule has 216 valence electrons. The maximum absolute atomic E-state index is 13.8. The molecule has 2 aliphatic heterocycles. The molecule has 2 aromatic heterocycles. The van der Waals surface area contributed by atoms with Crippen LogP contribution in [-0.4, -0.2) is 81.5 Å². The van der Waals surface area contributed by atoms with Crippen LogP contribution in [0.1, 0.15) is 24.0 Å². The summed E-state index contributed by atoms with van der Waals surface area (Å²) < 4.78 is 94.0. The summed E-state index contributed by atoms with van der Waals surface area (Å²) in [6.45, 7) is 0.198. The minimum Gasteiger partial charge on any atom is -0.351 e. The molecule has 16 heteroatoms. The normalized spacial score (nSPS) is 19.0. The molecule has 0 radical (unpaired) electrons. The Morgan fingerprint density at radius 2 is 1.85 bits per heavy atom. The molecule has 0 spiro atoms. The van der Waals surface area contributed by atoms with Crippen molar-refractivity contribution in [3.05, 3.63) is 53.1 Å². The molecule has 0 bridgehead atoms. The van der Waals surface area contributed by atoms with Gasteiger partial charge in [0.1, 0.15) is 23.3 Å². The van der Waals surface area contributed by atoms with Gasteiger partial charge in [-0.1, -0.05) is 17.7 Å². The van der Waals surface area contributed by atoms with Crippen molar-refractivity contribution in [2.45, 2.75) is 37.5 Å². The summed E-state index contributed by atoms with van der Waals surface area (Å²) in [5.41, 5.74) is -0.395. The van der Waals surface area contributed by atoms with Crippen molar-refractivity contribution in [2.75, 3.05) is 37.8 Å². The Morgan fingerprint density at radius 1 is 1.15 bits per heavy atom. The number of imidazole rings is 1. The zero-order valence-corrected chi connectivity index (χ0v) is 22.7. The van der Waals surface area contributed by atoms with Gasteiger partial charge >= 0.3 is 6.18 Å². The molecule has 0 saturated carbocycles. The first-order valence-electron chi connectivity index (χ1n) is 12.3. The number of hydrogen-bond acceptors (Lipinski definition) is 7. The van der Waals surface area contributed by atoms with Crippen molar-refractivity contribution in [1.29, 1.82) is 0 Å². The lowest BCUT2D eigenvalue weighted by atomic mass is 10.1.